The molecule has 0 unspecified atom stereocenters. The Bertz CT molecular complexity index is 916. The summed E-state index contributed by atoms with van der Waals surface area (Å²) in [7, 11) is 8.44. The van der Waals surface area contributed by atoms with E-state index in [4.69, 9.17) is 14.2 Å². The number of ether oxygens (including phenoxy) is 3. The number of carbonyl (C=O) groups is 2. The largest absolute Gasteiger partial charge is 0.493 e. The van der Waals surface area contributed by atoms with Crippen molar-refractivity contribution in [2.45, 2.75) is 0 Å². The first-order valence-corrected chi connectivity index (χ1v) is 9.70. The van der Waals surface area contributed by atoms with E-state index in [-0.39, 0.29) is 11.8 Å². The van der Waals surface area contributed by atoms with Crippen LogP contribution in [0.1, 0.15) is 15.9 Å². The number of rotatable bonds is 10. The number of carbonyl (C=O) groups excluding carboxylic acids is 2. The van der Waals surface area contributed by atoms with E-state index in [1.54, 1.807) is 42.5 Å². The standard InChI is InChI=1S/C23H29N3O5/c1-26(2)13-12-24-23(28)17-8-6-7-9-18(17)25-21(27)11-10-16-14-19(29-3)22(31-5)20(15-16)30-4/h6-11,14-15H,12-13H2,1-5H3,(H,24,28)(H,25,27)/b11-10+. The van der Waals surface area contributed by atoms with Gasteiger partial charge in [0, 0.05) is 19.2 Å². The molecule has 2 rings (SSSR count). The number of methoxy groups -OCH3 is 3. The van der Waals surface area contributed by atoms with E-state index < -0.39 is 0 Å². The summed E-state index contributed by atoms with van der Waals surface area (Å²) in [6.45, 7) is 1.23. The summed E-state index contributed by atoms with van der Waals surface area (Å²) in [6, 6.07) is 10.3. The van der Waals surface area contributed by atoms with Crippen LogP contribution in [0.3, 0.4) is 0 Å². The molecule has 2 N–H and O–H groups in total. The zero-order valence-corrected chi connectivity index (χ0v) is 18.5. The molecule has 0 saturated heterocycles. The predicted molar refractivity (Wildman–Crippen MR) is 121 cm³/mol. The van der Waals surface area contributed by atoms with Gasteiger partial charge in [0.25, 0.3) is 5.91 Å². The van der Waals surface area contributed by atoms with Gasteiger partial charge in [-0.15, -0.1) is 0 Å². The average molecular weight is 428 g/mol. The molecule has 166 valence electrons. The molecule has 0 radical (unpaired) electrons. The fourth-order valence-electron chi connectivity index (χ4n) is 2.82. The molecule has 0 aliphatic carbocycles. The van der Waals surface area contributed by atoms with Crippen LogP contribution in [0, 0.1) is 0 Å². The Morgan fingerprint density at radius 3 is 2.23 bits per heavy atom. The van der Waals surface area contributed by atoms with E-state index in [1.807, 2.05) is 19.0 Å². The van der Waals surface area contributed by atoms with Gasteiger partial charge in [-0.1, -0.05) is 12.1 Å². The number of nitrogens with one attached hydrogen (secondary N) is 2. The number of benzene rings is 2. The molecular formula is C23H29N3O5. The van der Waals surface area contributed by atoms with Crippen molar-refractivity contribution >= 4 is 23.6 Å². The first-order chi connectivity index (χ1) is 14.9. The molecule has 0 atom stereocenters. The van der Waals surface area contributed by atoms with Gasteiger partial charge in [-0.3, -0.25) is 9.59 Å². The molecule has 2 amide bonds. The Balaban J connectivity index is 2.13. The molecule has 0 saturated carbocycles. The van der Waals surface area contributed by atoms with Gasteiger partial charge < -0.3 is 29.7 Å². The van der Waals surface area contributed by atoms with Gasteiger partial charge in [0.1, 0.15) is 0 Å². The highest BCUT2D eigenvalue weighted by Crippen LogP contribution is 2.38. The zero-order valence-electron chi connectivity index (χ0n) is 18.5. The summed E-state index contributed by atoms with van der Waals surface area (Å²) in [5.41, 5.74) is 1.53. The van der Waals surface area contributed by atoms with Crippen LogP contribution in [-0.2, 0) is 4.79 Å². The first-order valence-electron chi connectivity index (χ1n) is 9.70. The molecule has 31 heavy (non-hydrogen) atoms. The van der Waals surface area contributed by atoms with Gasteiger partial charge in [0.15, 0.2) is 11.5 Å². The second-order valence-corrected chi connectivity index (χ2v) is 6.89. The Hall–Kier alpha value is -3.52. The lowest BCUT2D eigenvalue weighted by molar-refractivity contribution is -0.111. The second kappa shape index (κ2) is 11.6. The highest BCUT2D eigenvalue weighted by atomic mass is 16.5. The van der Waals surface area contributed by atoms with Crippen LogP contribution in [0.4, 0.5) is 5.69 Å². The number of hydrogen-bond donors (Lipinski definition) is 2. The van der Waals surface area contributed by atoms with Crippen molar-refractivity contribution in [3.63, 3.8) is 0 Å². The molecule has 0 aliphatic rings. The van der Waals surface area contributed by atoms with Gasteiger partial charge in [-0.05, 0) is 50.0 Å². The summed E-state index contributed by atoms with van der Waals surface area (Å²) in [5, 5.41) is 5.60. The lowest BCUT2D eigenvalue weighted by atomic mass is 10.1. The fraction of sp³-hybridized carbons (Fsp3) is 0.304. The van der Waals surface area contributed by atoms with E-state index in [1.165, 1.54) is 27.4 Å². The Kier molecular flexibility index (Phi) is 8.90. The van der Waals surface area contributed by atoms with Gasteiger partial charge in [0.05, 0.1) is 32.6 Å². The van der Waals surface area contributed by atoms with Gasteiger partial charge in [-0.25, -0.2) is 0 Å². The van der Waals surface area contributed by atoms with Crippen LogP contribution in [-0.4, -0.2) is 65.2 Å². The minimum Gasteiger partial charge on any atom is -0.493 e. The summed E-state index contributed by atoms with van der Waals surface area (Å²) in [5.74, 6) is 0.831. The molecule has 2 aromatic carbocycles. The molecule has 8 nitrogen and oxygen atoms in total. The predicted octanol–water partition coefficient (Wildman–Crippen LogP) is 2.66. The third kappa shape index (κ3) is 6.75. The number of hydrogen-bond acceptors (Lipinski definition) is 6. The fourth-order valence-corrected chi connectivity index (χ4v) is 2.82. The maximum Gasteiger partial charge on any atom is 0.253 e. The number of anilines is 1. The van der Waals surface area contributed by atoms with Crippen molar-refractivity contribution in [2.75, 3.05) is 53.8 Å². The van der Waals surface area contributed by atoms with Crippen molar-refractivity contribution in [3.05, 3.63) is 53.6 Å². The normalized spacial score (nSPS) is 10.8. The SMILES string of the molecule is COc1cc(/C=C/C(=O)Nc2ccccc2C(=O)NCCN(C)C)cc(OC)c1OC. The second-order valence-electron chi connectivity index (χ2n) is 6.89. The summed E-state index contributed by atoms with van der Waals surface area (Å²) in [6.07, 6.45) is 3.00. The van der Waals surface area contributed by atoms with Gasteiger partial charge in [-0.2, -0.15) is 0 Å². The van der Waals surface area contributed by atoms with Crippen LogP contribution in [0.25, 0.3) is 6.08 Å². The van der Waals surface area contributed by atoms with Crippen LogP contribution in [0.15, 0.2) is 42.5 Å². The van der Waals surface area contributed by atoms with Gasteiger partial charge in [0.2, 0.25) is 11.7 Å². The molecule has 0 aromatic heterocycles. The molecule has 0 spiro atoms. The number of nitrogens with zero attached hydrogens (tertiary/aromatic N) is 1. The van der Waals surface area contributed by atoms with Crippen LogP contribution in [0.5, 0.6) is 17.2 Å². The van der Waals surface area contributed by atoms with E-state index in [0.717, 1.165) is 6.54 Å². The monoisotopic (exact) mass is 427 g/mol. The summed E-state index contributed by atoms with van der Waals surface area (Å²) >= 11 is 0. The minimum atomic E-state index is -0.373. The van der Waals surface area contributed by atoms with Crippen molar-refractivity contribution in [2.24, 2.45) is 0 Å². The Morgan fingerprint density at radius 1 is 1.00 bits per heavy atom. The Morgan fingerprint density at radius 2 is 1.65 bits per heavy atom. The molecule has 8 heteroatoms. The minimum absolute atomic E-state index is 0.244. The maximum atomic E-state index is 12.5. The Labute approximate surface area is 182 Å². The quantitative estimate of drug-likeness (QED) is 0.567. The topological polar surface area (TPSA) is 89.1 Å². The molecule has 0 bridgehead atoms. The lowest BCUT2D eigenvalue weighted by Crippen LogP contribution is -2.31. The number of para-hydroxylation sites is 1. The van der Waals surface area contributed by atoms with E-state index in [9.17, 15) is 9.59 Å². The molecule has 2 aromatic rings. The summed E-state index contributed by atoms with van der Waals surface area (Å²) in [4.78, 5) is 26.9. The molecule has 0 heterocycles. The van der Waals surface area contributed by atoms with Crippen molar-refractivity contribution in [1.29, 1.82) is 0 Å². The van der Waals surface area contributed by atoms with E-state index in [2.05, 4.69) is 10.6 Å². The zero-order chi connectivity index (χ0) is 22.8. The first kappa shape index (κ1) is 23.8. The molecule has 0 aliphatic heterocycles. The van der Waals surface area contributed by atoms with E-state index >= 15 is 0 Å². The molecular weight excluding hydrogens is 398 g/mol. The van der Waals surface area contributed by atoms with E-state index in [0.29, 0.717) is 40.6 Å². The van der Waals surface area contributed by atoms with Crippen LogP contribution in [0.2, 0.25) is 0 Å². The summed E-state index contributed by atoms with van der Waals surface area (Å²) < 4.78 is 15.9. The lowest BCUT2D eigenvalue weighted by Gasteiger charge is -2.13. The smallest absolute Gasteiger partial charge is 0.253 e. The average Bonchev–Trinajstić information content (AvgIpc) is 2.76. The third-order valence-corrected chi connectivity index (χ3v) is 4.39. The highest BCUT2D eigenvalue weighted by molar-refractivity contribution is 6.07. The third-order valence-electron chi connectivity index (χ3n) is 4.39. The highest BCUT2D eigenvalue weighted by Gasteiger charge is 2.13. The van der Waals surface area contributed by atoms with Crippen molar-refractivity contribution in [1.82, 2.24) is 10.2 Å². The number of amides is 2. The van der Waals surface area contributed by atoms with Crippen LogP contribution < -0.4 is 24.8 Å². The van der Waals surface area contributed by atoms with Crippen molar-refractivity contribution < 1.29 is 23.8 Å². The maximum absolute atomic E-state index is 12.5. The van der Waals surface area contributed by atoms with Crippen molar-refractivity contribution in [3.8, 4) is 17.2 Å². The number of likely N-dealkylation sites (N-methyl/N-ethyl adjacent to an activating group) is 1. The molecule has 0 fully saturated rings. The van der Waals surface area contributed by atoms with Crippen LogP contribution >= 0.6 is 0 Å². The van der Waals surface area contributed by atoms with Gasteiger partial charge >= 0.3 is 0 Å².